The maximum atomic E-state index is 11.9. The van der Waals surface area contributed by atoms with Gasteiger partial charge in [-0.2, -0.15) is 5.10 Å². The molecule has 0 radical (unpaired) electrons. The number of methoxy groups -OCH3 is 1. The molecule has 4 nitrogen and oxygen atoms in total. The van der Waals surface area contributed by atoms with Crippen molar-refractivity contribution in [2.75, 3.05) is 7.11 Å². The molecule has 2 rings (SSSR count). The molecule has 1 aromatic heterocycles. The highest BCUT2D eigenvalue weighted by Crippen LogP contribution is 2.19. The van der Waals surface area contributed by atoms with E-state index in [0.717, 1.165) is 9.13 Å². The Balaban J connectivity index is 2.24. The fraction of sp³-hybridized carbons (Fsp3) is 0.231. The molecular formula is C13H13IN2O2. The van der Waals surface area contributed by atoms with Crippen LogP contribution >= 0.6 is 22.6 Å². The summed E-state index contributed by atoms with van der Waals surface area (Å²) in [4.78, 5) is 11.9. The zero-order chi connectivity index (χ0) is 13.0. The van der Waals surface area contributed by atoms with Crippen LogP contribution in [0.3, 0.4) is 0 Å². The molecule has 0 spiro atoms. The van der Waals surface area contributed by atoms with Crippen molar-refractivity contribution in [1.82, 2.24) is 9.78 Å². The average Bonchev–Trinajstić information content (AvgIpc) is 2.82. The number of aromatic nitrogens is 2. The number of carbonyl (C=O) groups excluding carboxylic acids is 1. The minimum atomic E-state index is -0.327. The molecule has 5 heteroatoms. The molecule has 0 aliphatic heterocycles. The molecule has 0 aliphatic rings. The predicted octanol–water partition coefficient (Wildman–Crippen LogP) is 2.44. The molecular weight excluding hydrogens is 343 g/mol. The van der Waals surface area contributed by atoms with E-state index in [1.54, 1.807) is 10.9 Å². The Kier molecular flexibility index (Phi) is 4.35. The van der Waals surface area contributed by atoms with Crippen LogP contribution in [0.5, 0.6) is 0 Å². The number of halogens is 1. The molecule has 1 atom stereocenters. The fourth-order valence-corrected chi connectivity index (χ4v) is 2.21. The van der Waals surface area contributed by atoms with Gasteiger partial charge in [-0.15, -0.1) is 0 Å². The number of benzene rings is 1. The van der Waals surface area contributed by atoms with Crippen LogP contribution in [0.15, 0.2) is 42.7 Å². The lowest BCUT2D eigenvalue weighted by Crippen LogP contribution is -2.20. The number of carbonyl (C=O) groups is 1. The summed E-state index contributed by atoms with van der Waals surface area (Å²) in [6, 6.07) is 9.61. The number of ether oxygens (including phenoxy) is 1. The van der Waals surface area contributed by atoms with Gasteiger partial charge in [-0.25, -0.2) is 0 Å². The van der Waals surface area contributed by atoms with Gasteiger partial charge in [-0.3, -0.25) is 9.48 Å². The molecule has 0 bridgehead atoms. The van der Waals surface area contributed by atoms with Gasteiger partial charge in [0.1, 0.15) is 5.92 Å². The van der Waals surface area contributed by atoms with Gasteiger partial charge in [0.05, 0.1) is 23.4 Å². The van der Waals surface area contributed by atoms with Crippen LogP contribution < -0.4 is 0 Å². The van der Waals surface area contributed by atoms with E-state index < -0.39 is 0 Å². The third kappa shape index (κ3) is 3.10. The van der Waals surface area contributed by atoms with Crippen molar-refractivity contribution in [3.63, 3.8) is 0 Å². The molecule has 1 aromatic carbocycles. The quantitative estimate of drug-likeness (QED) is 0.625. The van der Waals surface area contributed by atoms with E-state index in [2.05, 4.69) is 27.7 Å². The van der Waals surface area contributed by atoms with E-state index in [4.69, 9.17) is 4.74 Å². The number of nitrogens with zero attached hydrogens (tertiary/aromatic N) is 2. The summed E-state index contributed by atoms with van der Waals surface area (Å²) in [6.45, 7) is 0.486. The highest BCUT2D eigenvalue weighted by Gasteiger charge is 2.22. The van der Waals surface area contributed by atoms with Gasteiger partial charge in [0, 0.05) is 6.20 Å². The molecule has 2 aromatic rings. The molecule has 0 saturated carbocycles. The Bertz CT molecular complexity index is 525. The summed E-state index contributed by atoms with van der Waals surface area (Å²) in [5, 5.41) is 4.20. The molecule has 0 aliphatic carbocycles. The maximum absolute atomic E-state index is 11.9. The van der Waals surface area contributed by atoms with Crippen LogP contribution in [0.25, 0.3) is 0 Å². The highest BCUT2D eigenvalue weighted by molar-refractivity contribution is 14.1. The SMILES string of the molecule is COC(=O)C(Cn1cc(I)cn1)c1ccccc1. The lowest BCUT2D eigenvalue weighted by molar-refractivity contribution is -0.142. The van der Waals surface area contributed by atoms with Crippen molar-refractivity contribution >= 4 is 28.6 Å². The van der Waals surface area contributed by atoms with Gasteiger partial charge in [-0.1, -0.05) is 30.3 Å². The van der Waals surface area contributed by atoms with Crippen molar-refractivity contribution in [2.45, 2.75) is 12.5 Å². The number of esters is 1. The second kappa shape index (κ2) is 5.99. The summed E-state index contributed by atoms with van der Waals surface area (Å²) in [5.41, 5.74) is 0.940. The van der Waals surface area contributed by atoms with Gasteiger partial charge in [0.2, 0.25) is 0 Å². The van der Waals surface area contributed by atoms with Crippen LogP contribution in [-0.4, -0.2) is 22.9 Å². The molecule has 1 heterocycles. The molecule has 0 N–H and O–H groups in total. The molecule has 94 valence electrons. The zero-order valence-corrected chi connectivity index (χ0v) is 12.1. The number of hydrogen-bond donors (Lipinski definition) is 0. The zero-order valence-electron chi connectivity index (χ0n) is 9.91. The van der Waals surface area contributed by atoms with Crippen molar-refractivity contribution in [1.29, 1.82) is 0 Å². The maximum Gasteiger partial charge on any atom is 0.315 e. The van der Waals surface area contributed by atoms with Gasteiger partial charge in [-0.05, 0) is 28.2 Å². The smallest absolute Gasteiger partial charge is 0.315 e. The molecule has 18 heavy (non-hydrogen) atoms. The van der Waals surface area contributed by atoms with E-state index in [1.807, 2.05) is 36.5 Å². The Morgan fingerprint density at radius 1 is 1.44 bits per heavy atom. The Morgan fingerprint density at radius 3 is 2.72 bits per heavy atom. The Labute approximate surface area is 119 Å². The lowest BCUT2D eigenvalue weighted by atomic mass is 9.99. The normalized spacial score (nSPS) is 12.1. The summed E-state index contributed by atoms with van der Waals surface area (Å²) in [7, 11) is 1.41. The highest BCUT2D eigenvalue weighted by atomic mass is 127. The summed E-state index contributed by atoms with van der Waals surface area (Å²) in [5.74, 6) is -0.571. The van der Waals surface area contributed by atoms with Crippen LogP contribution in [0.4, 0.5) is 0 Å². The van der Waals surface area contributed by atoms with Crippen LogP contribution in [-0.2, 0) is 16.1 Å². The first-order valence-electron chi connectivity index (χ1n) is 5.51. The first kappa shape index (κ1) is 13.1. The summed E-state index contributed by atoms with van der Waals surface area (Å²) >= 11 is 2.19. The minimum Gasteiger partial charge on any atom is -0.468 e. The first-order valence-corrected chi connectivity index (χ1v) is 6.59. The largest absolute Gasteiger partial charge is 0.468 e. The predicted molar refractivity (Wildman–Crippen MR) is 76.1 cm³/mol. The van der Waals surface area contributed by atoms with E-state index in [1.165, 1.54) is 7.11 Å². The number of rotatable bonds is 4. The average molecular weight is 356 g/mol. The first-order chi connectivity index (χ1) is 8.70. The van der Waals surface area contributed by atoms with E-state index in [9.17, 15) is 4.79 Å². The minimum absolute atomic E-state index is 0.244. The van der Waals surface area contributed by atoms with Crippen molar-refractivity contribution in [3.05, 3.63) is 51.9 Å². The standard InChI is InChI=1S/C13H13IN2O2/c1-18-13(17)12(10-5-3-2-4-6-10)9-16-8-11(14)7-15-16/h2-8,12H,9H2,1H3. The van der Waals surface area contributed by atoms with Gasteiger partial charge >= 0.3 is 5.97 Å². The van der Waals surface area contributed by atoms with E-state index in [0.29, 0.717) is 6.54 Å². The monoisotopic (exact) mass is 356 g/mol. The lowest BCUT2D eigenvalue weighted by Gasteiger charge is -2.14. The molecule has 0 amide bonds. The van der Waals surface area contributed by atoms with Crippen molar-refractivity contribution in [3.8, 4) is 0 Å². The van der Waals surface area contributed by atoms with E-state index in [-0.39, 0.29) is 11.9 Å². The summed E-state index contributed by atoms with van der Waals surface area (Å²) in [6.07, 6.45) is 3.67. The van der Waals surface area contributed by atoms with Crippen LogP contribution in [0.2, 0.25) is 0 Å². The van der Waals surface area contributed by atoms with Gasteiger partial charge < -0.3 is 4.74 Å². The second-order valence-electron chi connectivity index (χ2n) is 3.87. The second-order valence-corrected chi connectivity index (χ2v) is 5.11. The summed E-state index contributed by atoms with van der Waals surface area (Å²) < 4.78 is 7.67. The third-order valence-electron chi connectivity index (χ3n) is 2.66. The van der Waals surface area contributed by atoms with Crippen LogP contribution in [0, 0.1) is 3.57 Å². The molecule has 0 fully saturated rings. The third-order valence-corrected chi connectivity index (χ3v) is 3.22. The van der Waals surface area contributed by atoms with Crippen LogP contribution in [0.1, 0.15) is 11.5 Å². The van der Waals surface area contributed by atoms with Gasteiger partial charge in [0.25, 0.3) is 0 Å². The van der Waals surface area contributed by atoms with Gasteiger partial charge in [0.15, 0.2) is 0 Å². The topological polar surface area (TPSA) is 44.1 Å². The number of hydrogen-bond acceptors (Lipinski definition) is 3. The van der Waals surface area contributed by atoms with Crippen molar-refractivity contribution < 1.29 is 9.53 Å². The molecule has 0 saturated heterocycles. The van der Waals surface area contributed by atoms with Crippen molar-refractivity contribution in [2.24, 2.45) is 0 Å². The molecule has 1 unspecified atom stereocenters. The fourth-order valence-electron chi connectivity index (χ4n) is 1.77. The Morgan fingerprint density at radius 2 is 2.17 bits per heavy atom. The Hall–Kier alpha value is -1.37. The van der Waals surface area contributed by atoms with E-state index >= 15 is 0 Å².